The Kier molecular flexibility index (Phi) is 6.43. The first-order valence-electron chi connectivity index (χ1n) is 10.6. The molecule has 2 aromatic carbocycles. The van der Waals surface area contributed by atoms with Crippen molar-refractivity contribution < 1.29 is 23.7 Å². The number of ether oxygens (including phenoxy) is 4. The van der Waals surface area contributed by atoms with Crippen molar-refractivity contribution in [3.63, 3.8) is 0 Å². The Labute approximate surface area is 177 Å². The molecule has 0 aliphatic carbocycles. The van der Waals surface area contributed by atoms with Crippen molar-refractivity contribution in [1.29, 1.82) is 0 Å². The molecule has 0 aromatic heterocycles. The summed E-state index contributed by atoms with van der Waals surface area (Å²) in [5.41, 5.74) is 1.71. The number of benzene rings is 2. The maximum absolute atomic E-state index is 13.3. The van der Waals surface area contributed by atoms with Gasteiger partial charge in [0.05, 0.1) is 26.4 Å². The maximum Gasteiger partial charge on any atom is 0.254 e. The molecule has 2 aliphatic rings. The minimum Gasteiger partial charge on any atom is -0.493 e. The maximum atomic E-state index is 13.3. The lowest BCUT2D eigenvalue weighted by Gasteiger charge is -2.26. The van der Waals surface area contributed by atoms with E-state index in [2.05, 4.69) is 0 Å². The minimum absolute atomic E-state index is 0.0220. The molecule has 0 unspecified atom stereocenters. The van der Waals surface area contributed by atoms with Gasteiger partial charge in [-0.25, -0.2) is 0 Å². The van der Waals surface area contributed by atoms with Crippen molar-refractivity contribution in [3.05, 3.63) is 53.6 Å². The fraction of sp³-hybridized carbons (Fsp3) is 0.458. The third-order valence-corrected chi connectivity index (χ3v) is 5.85. The molecule has 0 saturated carbocycles. The second-order valence-corrected chi connectivity index (χ2v) is 7.74. The molecule has 2 aromatic rings. The third kappa shape index (κ3) is 4.38. The van der Waals surface area contributed by atoms with Crippen molar-refractivity contribution >= 4 is 5.91 Å². The molecule has 2 fully saturated rings. The van der Waals surface area contributed by atoms with E-state index in [0.717, 1.165) is 44.4 Å². The summed E-state index contributed by atoms with van der Waals surface area (Å²) in [6, 6.07) is 13.4. The molecule has 1 amide bonds. The van der Waals surface area contributed by atoms with E-state index in [1.165, 1.54) is 0 Å². The van der Waals surface area contributed by atoms with Crippen molar-refractivity contribution in [2.75, 3.05) is 34.0 Å². The Morgan fingerprint density at radius 1 is 1.07 bits per heavy atom. The van der Waals surface area contributed by atoms with Crippen LogP contribution in [0.1, 0.15) is 47.6 Å². The normalized spacial score (nSPS) is 20.9. The van der Waals surface area contributed by atoms with E-state index in [1.54, 1.807) is 14.2 Å². The van der Waals surface area contributed by atoms with E-state index in [0.29, 0.717) is 29.4 Å². The quantitative estimate of drug-likeness (QED) is 0.682. The molecule has 30 heavy (non-hydrogen) atoms. The average Bonchev–Trinajstić information content (AvgIpc) is 3.49. The van der Waals surface area contributed by atoms with E-state index < -0.39 is 0 Å². The van der Waals surface area contributed by atoms with Crippen LogP contribution in [0, 0.1) is 0 Å². The lowest BCUT2D eigenvalue weighted by molar-refractivity contribution is 0.0676. The molecular weight excluding hydrogens is 382 g/mol. The SMILES string of the molecule is COc1ccc([C@H]2CCCN2C(=O)c2cccc(OC[C@@H]3CCCO3)c2)cc1OC. The van der Waals surface area contributed by atoms with Crippen LogP contribution in [0.2, 0.25) is 0 Å². The van der Waals surface area contributed by atoms with E-state index >= 15 is 0 Å². The first-order valence-corrected chi connectivity index (χ1v) is 10.6. The number of likely N-dealkylation sites (tertiary alicyclic amines) is 1. The highest BCUT2D eigenvalue weighted by atomic mass is 16.5. The number of methoxy groups -OCH3 is 2. The molecular formula is C24H29NO5. The largest absolute Gasteiger partial charge is 0.493 e. The molecule has 6 nitrogen and oxygen atoms in total. The monoisotopic (exact) mass is 411 g/mol. The number of amides is 1. The van der Waals surface area contributed by atoms with E-state index in [-0.39, 0.29) is 18.1 Å². The first-order chi connectivity index (χ1) is 14.7. The summed E-state index contributed by atoms with van der Waals surface area (Å²) in [6.45, 7) is 2.06. The van der Waals surface area contributed by atoms with Crippen molar-refractivity contribution in [3.8, 4) is 17.2 Å². The smallest absolute Gasteiger partial charge is 0.254 e. The number of carbonyl (C=O) groups is 1. The predicted molar refractivity (Wildman–Crippen MR) is 113 cm³/mol. The molecule has 2 atom stereocenters. The Bertz CT molecular complexity index is 878. The average molecular weight is 411 g/mol. The summed E-state index contributed by atoms with van der Waals surface area (Å²) < 4.78 is 22.3. The van der Waals surface area contributed by atoms with Crippen molar-refractivity contribution in [1.82, 2.24) is 4.90 Å². The summed E-state index contributed by atoms with van der Waals surface area (Å²) >= 11 is 0. The van der Waals surface area contributed by atoms with Crippen LogP contribution in [0.3, 0.4) is 0 Å². The predicted octanol–water partition coefficient (Wildman–Crippen LogP) is 4.24. The number of nitrogens with zero attached hydrogens (tertiary/aromatic N) is 1. The second kappa shape index (κ2) is 9.39. The molecule has 0 spiro atoms. The molecule has 0 bridgehead atoms. The zero-order chi connectivity index (χ0) is 20.9. The molecule has 2 saturated heterocycles. The number of hydrogen-bond donors (Lipinski definition) is 0. The van der Waals surface area contributed by atoms with Crippen LogP contribution in [-0.4, -0.2) is 50.9 Å². The van der Waals surface area contributed by atoms with Crippen LogP contribution in [-0.2, 0) is 4.74 Å². The highest BCUT2D eigenvalue weighted by Gasteiger charge is 2.31. The fourth-order valence-electron chi connectivity index (χ4n) is 4.27. The second-order valence-electron chi connectivity index (χ2n) is 7.74. The highest BCUT2D eigenvalue weighted by Crippen LogP contribution is 2.37. The molecule has 4 rings (SSSR count). The van der Waals surface area contributed by atoms with Crippen LogP contribution in [0.5, 0.6) is 17.2 Å². The molecule has 160 valence electrons. The van der Waals surface area contributed by atoms with E-state index in [4.69, 9.17) is 18.9 Å². The van der Waals surface area contributed by atoms with Crippen LogP contribution in [0.15, 0.2) is 42.5 Å². The molecule has 0 radical (unpaired) electrons. The number of hydrogen-bond acceptors (Lipinski definition) is 5. The number of carbonyl (C=O) groups excluding carboxylic acids is 1. The van der Waals surface area contributed by atoms with Gasteiger partial charge in [-0.3, -0.25) is 4.79 Å². The third-order valence-electron chi connectivity index (χ3n) is 5.85. The Morgan fingerprint density at radius 2 is 1.93 bits per heavy atom. The molecule has 6 heteroatoms. The first kappa shape index (κ1) is 20.5. The summed E-state index contributed by atoms with van der Waals surface area (Å²) in [5.74, 6) is 2.10. The van der Waals surface area contributed by atoms with E-state index in [1.807, 2.05) is 47.4 Å². The van der Waals surface area contributed by atoms with Gasteiger partial charge in [0.15, 0.2) is 11.5 Å². The van der Waals surface area contributed by atoms with Gasteiger partial charge in [-0.15, -0.1) is 0 Å². The van der Waals surface area contributed by atoms with Gasteiger partial charge in [-0.1, -0.05) is 12.1 Å². The van der Waals surface area contributed by atoms with Gasteiger partial charge in [0.2, 0.25) is 0 Å². The van der Waals surface area contributed by atoms with Gasteiger partial charge in [0.25, 0.3) is 5.91 Å². The lowest BCUT2D eigenvalue weighted by atomic mass is 10.0. The molecule has 2 aliphatic heterocycles. The van der Waals surface area contributed by atoms with Crippen molar-refractivity contribution in [2.24, 2.45) is 0 Å². The van der Waals surface area contributed by atoms with Gasteiger partial charge >= 0.3 is 0 Å². The van der Waals surface area contributed by atoms with Gasteiger partial charge in [0.1, 0.15) is 12.4 Å². The van der Waals surface area contributed by atoms with Crippen LogP contribution < -0.4 is 14.2 Å². The lowest BCUT2D eigenvalue weighted by Crippen LogP contribution is -2.30. The van der Waals surface area contributed by atoms with Gasteiger partial charge in [0, 0.05) is 18.7 Å². The minimum atomic E-state index is 0.0220. The van der Waals surface area contributed by atoms with Crippen LogP contribution >= 0.6 is 0 Å². The summed E-state index contributed by atoms with van der Waals surface area (Å²) in [4.78, 5) is 15.3. The Morgan fingerprint density at radius 3 is 2.70 bits per heavy atom. The summed E-state index contributed by atoms with van der Waals surface area (Å²) in [6.07, 6.45) is 4.16. The molecule has 0 N–H and O–H groups in total. The highest BCUT2D eigenvalue weighted by molar-refractivity contribution is 5.95. The zero-order valence-corrected chi connectivity index (χ0v) is 17.6. The number of rotatable bonds is 7. The van der Waals surface area contributed by atoms with Crippen LogP contribution in [0.25, 0.3) is 0 Å². The van der Waals surface area contributed by atoms with E-state index in [9.17, 15) is 4.79 Å². The standard InChI is InChI=1S/C24H29NO5/c1-27-22-11-10-17(15-23(22)28-2)21-9-4-12-25(21)24(26)18-6-3-7-19(14-18)30-16-20-8-5-13-29-20/h3,6-7,10-11,14-15,20-21H,4-5,8-9,12-13,16H2,1-2H3/t20-,21+/m0/s1. The van der Waals surface area contributed by atoms with Crippen molar-refractivity contribution in [2.45, 2.75) is 37.8 Å². The Hall–Kier alpha value is -2.73. The van der Waals surface area contributed by atoms with Gasteiger partial charge in [-0.05, 0) is 61.6 Å². The topological polar surface area (TPSA) is 57.2 Å². The zero-order valence-electron chi connectivity index (χ0n) is 17.6. The molecule has 2 heterocycles. The summed E-state index contributed by atoms with van der Waals surface area (Å²) in [5, 5.41) is 0. The Balaban J connectivity index is 1.49. The fourth-order valence-corrected chi connectivity index (χ4v) is 4.27. The summed E-state index contributed by atoms with van der Waals surface area (Å²) in [7, 11) is 3.25. The van der Waals surface area contributed by atoms with Gasteiger partial charge < -0.3 is 23.8 Å². The van der Waals surface area contributed by atoms with Gasteiger partial charge in [-0.2, -0.15) is 0 Å². The van der Waals surface area contributed by atoms with Crippen LogP contribution in [0.4, 0.5) is 0 Å².